The Bertz CT molecular complexity index is 776. The molecule has 1 aromatic rings. The van der Waals surface area contributed by atoms with Crippen LogP contribution in [-0.2, 0) is 14.8 Å². The second-order valence-electron chi connectivity index (χ2n) is 7.31. The average Bonchev–Trinajstić information content (AvgIpc) is 2.99. The van der Waals surface area contributed by atoms with Gasteiger partial charge in [0.1, 0.15) is 5.75 Å². The van der Waals surface area contributed by atoms with E-state index in [-0.39, 0.29) is 17.9 Å². The number of ether oxygens (including phenoxy) is 2. The number of methoxy groups -OCH3 is 1. The highest BCUT2D eigenvalue weighted by Gasteiger charge is 2.51. The molecule has 0 amide bonds. The summed E-state index contributed by atoms with van der Waals surface area (Å²) >= 11 is 0. The number of aliphatic hydroxyl groups is 1. The van der Waals surface area contributed by atoms with Crippen molar-refractivity contribution in [2.75, 3.05) is 40.0 Å². The van der Waals surface area contributed by atoms with Crippen LogP contribution >= 0.6 is 0 Å². The second-order valence-corrected chi connectivity index (χ2v) is 9.19. The minimum absolute atomic E-state index is 0.00729. The molecule has 2 fully saturated rings. The maximum Gasteiger partial charge on any atom is 0.243 e. The molecule has 6 nitrogen and oxygen atoms in total. The molecule has 2 saturated heterocycles. The first kappa shape index (κ1) is 18.6. The van der Waals surface area contributed by atoms with Crippen LogP contribution in [0.5, 0.6) is 5.75 Å². The Morgan fingerprint density at radius 3 is 2.68 bits per heavy atom. The van der Waals surface area contributed by atoms with Crippen molar-refractivity contribution in [3.63, 3.8) is 0 Å². The molecule has 25 heavy (non-hydrogen) atoms. The highest BCUT2D eigenvalue weighted by molar-refractivity contribution is 7.89. The molecule has 2 heterocycles. The van der Waals surface area contributed by atoms with Gasteiger partial charge in [-0.2, -0.15) is 4.31 Å². The monoisotopic (exact) mass is 369 g/mol. The molecule has 0 aliphatic carbocycles. The molecule has 0 bridgehead atoms. The lowest BCUT2D eigenvalue weighted by molar-refractivity contribution is -0.0414. The molecule has 2 atom stereocenters. The number of hydrogen-bond donors (Lipinski definition) is 1. The van der Waals surface area contributed by atoms with Gasteiger partial charge in [-0.3, -0.25) is 0 Å². The molecule has 0 unspecified atom stereocenters. The summed E-state index contributed by atoms with van der Waals surface area (Å²) in [6.07, 6.45) is 0.694. The number of nitrogens with zero attached hydrogens (tertiary/aromatic N) is 1. The zero-order chi connectivity index (χ0) is 18.4. The Labute approximate surface area is 149 Å². The first-order valence-electron chi connectivity index (χ1n) is 8.60. The van der Waals surface area contributed by atoms with Gasteiger partial charge in [-0.15, -0.1) is 0 Å². The van der Waals surface area contributed by atoms with Crippen molar-refractivity contribution >= 4 is 10.0 Å². The van der Waals surface area contributed by atoms with Crippen molar-refractivity contribution in [2.45, 2.75) is 32.1 Å². The van der Waals surface area contributed by atoms with Gasteiger partial charge in [-0.05, 0) is 49.9 Å². The normalized spacial score (nSPS) is 27.3. The summed E-state index contributed by atoms with van der Waals surface area (Å²) in [5.74, 6) is 0.741. The van der Waals surface area contributed by atoms with E-state index in [9.17, 15) is 13.5 Å². The lowest BCUT2D eigenvalue weighted by Crippen LogP contribution is -2.41. The molecule has 1 aromatic carbocycles. The van der Waals surface area contributed by atoms with Gasteiger partial charge >= 0.3 is 0 Å². The van der Waals surface area contributed by atoms with E-state index < -0.39 is 10.0 Å². The molecule has 140 valence electrons. The third-order valence-corrected chi connectivity index (χ3v) is 8.06. The topological polar surface area (TPSA) is 76.1 Å². The van der Waals surface area contributed by atoms with Crippen LogP contribution in [-0.4, -0.2) is 57.8 Å². The predicted octanol–water partition coefficient (Wildman–Crippen LogP) is 1.64. The van der Waals surface area contributed by atoms with Gasteiger partial charge in [-0.1, -0.05) is 0 Å². The third-order valence-electron chi connectivity index (χ3n) is 5.96. The van der Waals surface area contributed by atoms with Gasteiger partial charge in [0, 0.05) is 31.0 Å². The first-order valence-corrected chi connectivity index (χ1v) is 10.0. The van der Waals surface area contributed by atoms with E-state index in [0.717, 1.165) is 11.1 Å². The predicted molar refractivity (Wildman–Crippen MR) is 94.4 cm³/mol. The van der Waals surface area contributed by atoms with Crippen LogP contribution in [0.1, 0.15) is 23.1 Å². The molecule has 0 radical (unpaired) electrons. The molecule has 2 aliphatic rings. The highest BCUT2D eigenvalue weighted by Crippen LogP contribution is 2.44. The van der Waals surface area contributed by atoms with Crippen molar-refractivity contribution in [1.29, 1.82) is 0 Å². The van der Waals surface area contributed by atoms with Crippen LogP contribution in [0.2, 0.25) is 0 Å². The van der Waals surface area contributed by atoms with Crippen LogP contribution in [0.15, 0.2) is 11.0 Å². The SMILES string of the molecule is COc1cc(C)c(S(=O)(=O)N2C[C@@H]3COCC[C@]3(CO)C2)c(C)c1C. The van der Waals surface area contributed by atoms with E-state index in [0.29, 0.717) is 48.9 Å². The summed E-state index contributed by atoms with van der Waals surface area (Å²) in [6.45, 7) is 7.32. The molecule has 0 aromatic heterocycles. The number of aryl methyl sites for hydroxylation is 1. The van der Waals surface area contributed by atoms with E-state index in [1.54, 1.807) is 20.1 Å². The van der Waals surface area contributed by atoms with Crippen LogP contribution in [0, 0.1) is 32.1 Å². The maximum atomic E-state index is 13.4. The molecule has 1 N–H and O–H groups in total. The van der Waals surface area contributed by atoms with Gasteiger partial charge in [0.05, 0.1) is 25.2 Å². The van der Waals surface area contributed by atoms with Gasteiger partial charge < -0.3 is 14.6 Å². The Hall–Kier alpha value is -1.15. The van der Waals surface area contributed by atoms with Crippen molar-refractivity contribution in [2.24, 2.45) is 11.3 Å². The zero-order valence-electron chi connectivity index (χ0n) is 15.3. The maximum absolute atomic E-state index is 13.4. The third kappa shape index (κ3) is 2.87. The van der Waals surface area contributed by atoms with Gasteiger partial charge in [-0.25, -0.2) is 8.42 Å². The molecular weight excluding hydrogens is 342 g/mol. The first-order chi connectivity index (χ1) is 11.8. The number of fused-ring (bicyclic) bond motifs is 1. The minimum Gasteiger partial charge on any atom is -0.496 e. The summed E-state index contributed by atoms with van der Waals surface area (Å²) in [6, 6.07) is 1.78. The quantitative estimate of drug-likeness (QED) is 0.873. The van der Waals surface area contributed by atoms with Gasteiger partial charge in [0.15, 0.2) is 0 Å². The average molecular weight is 369 g/mol. The summed E-state index contributed by atoms with van der Waals surface area (Å²) in [5, 5.41) is 9.93. The van der Waals surface area contributed by atoms with Crippen molar-refractivity contribution in [1.82, 2.24) is 4.31 Å². The van der Waals surface area contributed by atoms with Gasteiger partial charge in [0.2, 0.25) is 10.0 Å². The fourth-order valence-electron chi connectivity index (χ4n) is 4.20. The Kier molecular flexibility index (Phi) is 4.87. The number of aliphatic hydroxyl groups excluding tert-OH is 1. The van der Waals surface area contributed by atoms with E-state index in [2.05, 4.69) is 0 Å². The number of rotatable bonds is 4. The molecule has 7 heteroatoms. The van der Waals surface area contributed by atoms with Crippen LogP contribution in [0.3, 0.4) is 0 Å². The summed E-state index contributed by atoms with van der Waals surface area (Å²) in [7, 11) is -2.05. The fraction of sp³-hybridized carbons (Fsp3) is 0.667. The summed E-state index contributed by atoms with van der Waals surface area (Å²) in [5.41, 5.74) is 1.86. The van der Waals surface area contributed by atoms with Crippen LogP contribution in [0.25, 0.3) is 0 Å². The zero-order valence-corrected chi connectivity index (χ0v) is 16.1. The largest absolute Gasteiger partial charge is 0.496 e. The molecule has 0 saturated carbocycles. The lowest BCUT2D eigenvalue weighted by atomic mass is 9.75. The smallest absolute Gasteiger partial charge is 0.243 e. The number of benzene rings is 1. The number of sulfonamides is 1. The van der Waals surface area contributed by atoms with Crippen molar-refractivity contribution in [3.8, 4) is 5.75 Å². The molecule has 2 aliphatic heterocycles. The standard InChI is InChI=1S/C18H27NO5S/c1-12-7-16(23-4)13(2)14(3)17(12)25(21,22)19-8-15-9-24-6-5-18(15,10-19)11-20/h7,15,20H,5-6,8-11H2,1-4H3/t15-,18-/m1/s1. The molecule has 3 rings (SSSR count). The minimum atomic E-state index is -3.64. The lowest BCUT2D eigenvalue weighted by Gasteiger charge is -2.36. The Balaban J connectivity index is 2.02. The molecule has 0 spiro atoms. The second kappa shape index (κ2) is 6.54. The van der Waals surface area contributed by atoms with Crippen molar-refractivity contribution < 1.29 is 23.0 Å². The fourth-order valence-corrected chi connectivity index (χ4v) is 6.27. The van der Waals surface area contributed by atoms with Crippen molar-refractivity contribution in [3.05, 3.63) is 22.8 Å². The number of hydrogen-bond acceptors (Lipinski definition) is 5. The summed E-state index contributed by atoms with van der Waals surface area (Å²) < 4.78 is 39.2. The van der Waals surface area contributed by atoms with E-state index >= 15 is 0 Å². The van der Waals surface area contributed by atoms with Crippen LogP contribution in [0.4, 0.5) is 0 Å². The van der Waals surface area contributed by atoms with E-state index in [1.165, 1.54) is 4.31 Å². The van der Waals surface area contributed by atoms with E-state index in [1.807, 2.05) is 13.8 Å². The Morgan fingerprint density at radius 2 is 2.08 bits per heavy atom. The highest BCUT2D eigenvalue weighted by atomic mass is 32.2. The van der Waals surface area contributed by atoms with Crippen LogP contribution < -0.4 is 4.74 Å². The summed E-state index contributed by atoms with van der Waals surface area (Å²) in [4.78, 5) is 0.360. The Morgan fingerprint density at radius 1 is 1.36 bits per heavy atom. The van der Waals surface area contributed by atoms with E-state index in [4.69, 9.17) is 9.47 Å². The van der Waals surface area contributed by atoms with Gasteiger partial charge in [0.25, 0.3) is 0 Å². The molecular formula is C18H27NO5S.